The average molecular weight is 442 g/mol. The Morgan fingerprint density at radius 3 is 2.66 bits per heavy atom. The molecule has 0 radical (unpaired) electrons. The van der Waals surface area contributed by atoms with Crippen molar-refractivity contribution in [2.45, 2.75) is 37.1 Å². The highest BCUT2D eigenvalue weighted by molar-refractivity contribution is 7.98. The van der Waals surface area contributed by atoms with Crippen LogP contribution in [-0.4, -0.2) is 23.9 Å². The fourth-order valence-corrected chi connectivity index (χ4v) is 4.61. The van der Waals surface area contributed by atoms with E-state index in [1.54, 1.807) is 10.8 Å². The molecule has 0 fully saturated rings. The number of aryl methyl sites for hydroxylation is 1. The summed E-state index contributed by atoms with van der Waals surface area (Å²) in [4.78, 5) is 27.1. The molecule has 3 aromatic heterocycles. The fourth-order valence-electron chi connectivity index (χ4n) is 3.72. The maximum absolute atomic E-state index is 13.4. The zero-order chi connectivity index (χ0) is 21.9. The van der Waals surface area contributed by atoms with E-state index in [0.717, 1.165) is 30.6 Å². The lowest BCUT2D eigenvalue weighted by Crippen LogP contribution is -2.21. The zero-order valence-corrected chi connectivity index (χ0v) is 18.6. The number of aromatic nitrogens is 5. The van der Waals surface area contributed by atoms with E-state index in [1.165, 1.54) is 17.3 Å². The molecule has 160 valence electrons. The van der Waals surface area contributed by atoms with Crippen molar-refractivity contribution in [3.05, 3.63) is 94.8 Å². The van der Waals surface area contributed by atoms with Crippen LogP contribution in [0.4, 0.5) is 0 Å². The van der Waals surface area contributed by atoms with Crippen molar-refractivity contribution >= 4 is 28.4 Å². The lowest BCUT2D eigenvalue weighted by Gasteiger charge is -2.13. The van der Waals surface area contributed by atoms with Gasteiger partial charge in [-0.05, 0) is 48.7 Å². The largest absolute Gasteiger partial charge is 0.291 e. The van der Waals surface area contributed by atoms with Gasteiger partial charge in [0.15, 0.2) is 5.16 Å². The van der Waals surface area contributed by atoms with Crippen LogP contribution < -0.4 is 5.56 Å². The second-order valence-electron chi connectivity index (χ2n) is 7.67. The van der Waals surface area contributed by atoms with E-state index < -0.39 is 0 Å². The molecule has 0 saturated carbocycles. The molecule has 6 nitrogen and oxygen atoms in total. The summed E-state index contributed by atoms with van der Waals surface area (Å²) in [6.45, 7) is 2.19. The summed E-state index contributed by atoms with van der Waals surface area (Å²) >= 11 is 1.51. The minimum absolute atomic E-state index is 0.0592. The van der Waals surface area contributed by atoms with Gasteiger partial charge < -0.3 is 0 Å². The number of hydrogen-bond donors (Lipinski definition) is 0. The van der Waals surface area contributed by atoms with Crippen LogP contribution in [0, 0.1) is 0 Å². The number of rotatable bonds is 7. The first-order chi connectivity index (χ1) is 15.7. The van der Waals surface area contributed by atoms with Gasteiger partial charge >= 0.3 is 0 Å². The SMILES string of the molecule is CCCCc1ccc(-n2c(SCc3cn4cccnc4n3)nc3ccccc3c2=O)cc1. The Morgan fingerprint density at radius 1 is 1.00 bits per heavy atom. The summed E-state index contributed by atoms with van der Waals surface area (Å²) in [5.41, 5.74) is 3.64. The summed E-state index contributed by atoms with van der Waals surface area (Å²) in [5, 5.41) is 1.27. The molecular formula is C25H23N5OS. The summed E-state index contributed by atoms with van der Waals surface area (Å²) in [7, 11) is 0. The molecule has 0 atom stereocenters. The topological polar surface area (TPSA) is 65.1 Å². The van der Waals surface area contributed by atoms with Crippen LogP contribution in [0.2, 0.25) is 0 Å². The number of nitrogens with zero attached hydrogens (tertiary/aromatic N) is 5. The first-order valence-electron chi connectivity index (χ1n) is 10.8. The first kappa shape index (κ1) is 20.5. The van der Waals surface area contributed by atoms with Crippen molar-refractivity contribution in [3.8, 4) is 5.69 Å². The van der Waals surface area contributed by atoms with Crippen molar-refractivity contribution in [1.82, 2.24) is 23.9 Å². The molecule has 0 aliphatic rings. The van der Waals surface area contributed by atoms with Crippen LogP contribution >= 0.6 is 11.8 Å². The maximum atomic E-state index is 13.4. The summed E-state index contributed by atoms with van der Waals surface area (Å²) in [6.07, 6.45) is 8.98. The molecule has 0 spiro atoms. The molecule has 5 aromatic rings. The normalized spacial score (nSPS) is 11.4. The molecule has 7 heteroatoms. The number of unbranched alkanes of at least 4 members (excludes halogenated alkanes) is 1. The predicted octanol–water partition coefficient (Wildman–Crippen LogP) is 5.06. The van der Waals surface area contributed by atoms with E-state index in [9.17, 15) is 4.79 Å². The van der Waals surface area contributed by atoms with Gasteiger partial charge in [0.1, 0.15) is 0 Å². The lowest BCUT2D eigenvalue weighted by atomic mass is 10.1. The Bertz CT molecular complexity index is 1410. The van der Waals surface area contributed by atoms with Gasteiger partial charge in [0.25, 0.3) is 5.56 Å². The number of benzene rings is 2. The van der Waals surface area contributed by atoms with Crippen LogP contribution in [-0.2, 0) is 12.2 Å². The molecule has 0 aliphatic carbocycles. The molecule has 2 aromatic carbocycles. The number of imidazole rings is 1. The predicted molar refractivity (Wildman–Crippen MR) is 129 cm³/mol. The summed E-state index contributed by atoms with van der Waals surface area (Å²) in [6, 6.07) is 17.6. The van der Waals surface area contributed by atoms with Crippen molar-refractivity contribution in [2.24, 2.45) is 0 Å². The van der Waals surface area contributed by atoms with Crippen LogP contribution in [0.5, 0.6) is 0 Å². The van der Waals surface area contributed by atoms with Crippen molar-refractivity contribution < 1.29 is 0 Å². The molecule has 5 rings (SSSR count). The Morgan fingerprint density at radius 2 is 1.84 bits per heavy atom. The van der Waals surface area contributed by atoms with Gasteiger partial charge in [-0.1, -0.05) is 49.4 Å². The molecule has 0 amide bonds. The van der Waals surface area contributed by atoms with E-state index in [2.05, 4.69) is 29.0 Å². The number of para-hydroxylation sites is 1. The second-order valence-corrected chi connectivity index (χ2v) is 8.61. The zero-order valence-electron chi connectivity index (χ0n) is 17.8. The Kier molecular flexibility index (Phi) is 5.73. The van der Waals surface area contributed by atoms with Crippen molar-refractivity contribution in [1.29, 1.82) is 0 Å². The van der Waals surface area contributed by atoms with Gasteiger partial charge in [-0.15, -0.1) is 0 Å². The number of fused-ring (bicyclic) bond motifs is 2. The van der Waals surface area contributed by atoms with Gasteiger partial charge in [0.2, 0.25) is 5.78 Å². The highest BCUT2D eigenvalue weighted by Crippen LogP contribution is 2.25. The highest BCUT2D eigenvalue weighted by Gasteiger charge is 2.14. The Balaban J connectivity index is 1.53. The first-order valence-corrected chi connectivity index (χ1v) is 11.7. The van der Waals surface area contributed by atoms with E-state index in [1.807, 2.05) is 59.3 Å². The molecular weight excluding hydrogens is 418 g/mol. The van der Waals surface area contributed by atoms with E-state index in [-0.39, 0.29) is 5.56 Å². The number of thioether (sulfide) groups is 1. The van der Waals surface area contributed by atoms with Crippen LogP contribution in [0.15, 0.2) is 83.1 Å². The van der Waals surface area contributed by atoms with E-state index in [4.69, 9.17) is 4.98 Å². The minimum Gasteiger partial charge on any atom is -0.291 e. The van der Waals surface area contributed by atoms with Crippen LogP contribution in [0.1, 0.15) is 31.0 Å². The van der Waals surface area contributed by atoms with Gasteiger partial charge in [0.05, 0.1) is 22.3 Å². The van der Waals surface area contributed by atoms with E-state index in [0.29, 0.717) is 27.6 Å². The lowest BCUT2D eigenvalue weighted by molar-refractivity contribution is 0.791. The third-order valence-corrected chi connectivity index (χ3v) is 6.37. The average Bonchev–Trinajstić information content (AvgIpc) is 3.25. The molecule has 0 saturated heterocycles. The molecule has 3 heterocycles. The smallest absolute Gasteiger partial charge is 0.266 e. The quantitative estimate of drug-likeness (QED) is 0.261. The monoisotopic (exact) mass is 441 g/mol. The molecule has 0 bridgehead atoms. The summed E-state index contributed by atoms with van der Waals surface area (Å²) in [5.74, 6) is 1.25. The van der Waals surface area contributed by atoms with E-state index >= 15 is 0 Å². The maximum Gasteiger partial charge on any atom is 0.266 e. The summed E-state index contributed by atoms with van der Waals surface area (Å²) < 4.78 is 3.61. The standard InChI is InChI=1S/C25H23N5OS/c1-2-3-7-18-10-12-20(13-11-18)30-23(31)21-8-4-5-9-22(21)28-25(30)32-17-19-16-29-15-6-14-26-24(29)27-19/h4-6,8-16H,2-3,7,17H2,1H3. The molecule has 0 N–H and O–H groups in total. The Labute approximate surface area is 190 Å². The molecule has 32 heavy (non-hydrogen) atoms. The second kappa shape index (κ2) is 8.96. The fraction of sp³-hybridized carbons (Fsp3) is 0.200. The Hall–Kier alpha value is -3.45. The third-order valence-electron chi connectivity index (χ3n) is 5.39. The van der Waals surface area contributed by atoms with Crippen molar-refractivity contribution in [2.75, 3.05) is 0 Å². The van der Waals surface area contributed by atoms with Gasteiger partial charge in [-0.25, -0.2) is 15.0 Å². The van der Waals surface area contributed by atoms with Gasteiger partial charge in [-0.3, -0.25) is 13.8 Å². The third kappa shape index (κ3) is 4.03. The van der Waals surface area contributed by atoms with Crippen LogP contribution in [0.3, 0.4) is 0 Å². The molecule has 0 unspecified atom stereocenters. The van der Waals surface area contributed by atoms with Gasteiger partial charge in [0, 0.05) is 24.3 Å². The number of hydrogen-bond acceptors (Lipinski definition) is 5. The van der Waals surface area contributed by atoms with Crippen molar-refractivity contribution in [3.63, 3.8) is 0 Å². The molecule has 0 aliphatic heterocycles. The highest BCUT2D eigenvalue weighted by atomic mass is 32.2. The van der Waals surface area contributed by atoms with Gasteiger partial charge in [-0.2, -0.15) is 0 Å². The van der Waals surface area contributed by atoms with Crippen LogP contribution in [0.25, 0.3) is 22.4 Å². The minimum atomic E-state index is -0.0592.